The number of aryl methyl sites for hydroxylation is 1. The lowest BCUT2D eigenvalue weighted by molar-refractivity contribution is 0.0701. The molecule has 0 fully saturated rings. The molecule has 0 saturated heterocycles. The van der Waals surface area contributed by atoms with Crippen molar-refractivity contribution in [2.75, 3.05) is 0 Å². The van der Waals surface area contributed by atoms with Gasteiger partial charge in [-0.3, -0.25) is 0 Å². The van der Waals surface area contributed by atoms with E-state index in [2.05, 4.69) is 37.9 Å². The first-order valence-corrected chi connectivity index (χ1v) is 9.71. The molecule has 0 aliphatic rings. The molecule has 0 aliphatic heterocycles. The molecule has 27 heavy (non-hydrogen) atoms. The van der Waals surface area contributed by atoms with Gasteiger partial charge in [0, 0.05) is 5.56 Å². The Bertz CT molecular complexity index is 941. The number of rotatable bonds is 6. The van der Waals surface area contributed by atoms with Gasteiger partial charge in [0.15, 0.2) is 0 Å². The first-order chi connectivity index (χ1) is 12.8. The van der Waals surface area contributed by atoms with Crippen LogP contribution in [0.25, 0.3) is 10.6 Å². The number of carboxylic acids is 1. The summed E-state index contributed by atoms with van der Waals surface area (Å²) in [6.45, 7) is 8.37. The molecule has 4 nitrogen and oxygen atoms in total. The van der Waals surface area contributed by atoms with E-state index in [-0.39, 0.29) is 10.3 Å². The lowest BCUT2D eigenvalue weighted by Crippen LogP contribution is -2.14. The maximum Gasteiger partial charge on any atom is 0.347 e. The van der Waals surface area contributed by atoms with Crippen LogP contribution in [0.5, 0.6) is 11.5 Å². The van der Waals surface area contributed by atoms with Crippen LogP contribution in [0.2, 0.25) is 0 Å². The molecule has 0 atom stereocenters. The van der Waals surface area contributed by atoms with Crippen molar-refractivity contribution in [3.63, 3.8) is 0 Å². The second kappa shape index (κ2) is 7.53. The fourth-order valence-electron chi connectivity index (χ4n) is 2.70. The second-order valence-corrected chi connectivity index (χ2v) is 8.13. The molecule has 0 bridgehead atoms. The summed E-state index contributed by atoms with van der Waals surface area (Å²) in [5, 5.41) is 9.87. The lowest BCUT2D eigenvalue weighted by atomic mass is 9.82. The van der Waals surface area contributed by atoms with Gasteiger partial charge in [-0.2, -0.15) is 0 Å². The van der Waals surface area contributed by atoms with Gasteiger partial charge in [0.2, 0.25) is 0 Å². The lowest BCUT2D eigenvalue weighted by Gasteiger charge is -2.23. The van der Waals surface area contributed by atoms with E-state index in [9.17, 15) is 9.90 Å². The summed E-state index contributed by atoms with van der Waals surface area (Å²) < 4.78 is 5.93. The quantitative estimate of drug-likeness (QED) is 0.544. The van der Waals surface area contributed by atoms with E-state index in [1.807, 2.05) is 36.4 Å². The molecule has 1 aromatic heterocycles. The van der Waals surface area contributed by atoms with Gasteiger partial charge in [-0.15, -0.1) is 11.3 Å². The Labute approximate surface area is 163 Å². The molecule has 2 aromatic carbocycles. The minimum Gasteiger partial charge on any atom is -0.477 e. The molecule has 0 radical (unpaired) electrons. The topological polar surface area (TPSA) is 59.4 Å². The fourth-order valence-corrected chi connectivity index (χ4v) is 3.61. The predicted molar refractivity (Wildman–Crippen MR) is 109 cm³/mol. The summed E-state index contributed by atoms with van der Waals surface area (Å²) >= 11 is 1.19. The second-order valence-electron chi connectivity index (χ2n) is 7.13. The highest BCUT2D eigenvalue weighted by atomic mass is 32.1. The molecular formula is C22H23NO3S. The first-order valence-electron chi connectivity index (χ1n) is 8.89. The molecule has 0 aliphatic carbocycles. The normalized spacial score (nSPS) is 11.4. The average molecular weight is 381 g/mol. The number of benzene rings is 2. The Morgan fingerprint density at radius 2 is 1.63 bits per heavy atom. The molecule has 1 N–H and O–H groups in total. The number of aromatic carboxylic acids is 1. The van der Waals surface area contributed by atoms with Gasteiger partial charge in [0.05, 0.1) is 5.69 Å². The zero-order chi connectivity index (χ0) is 19.6. The van der Waals surface area contributed by atoms with Crippen LogP contribution in [0.3, 0.4) is 0 Å². The summed E-state index contributed by atoms with van der Waals surface area (Å²) in [4.78, 5) is 15.8. The van der Waals surface area contributed by atoms with E-state index >= 15 is 0 Å². The number of hydrogen-bond donors (Lipinski definition) is 1. The zero-order valence-corrected chi connectivity index (χ0v) is 16.8. The molecule has 3 rings (SSSR count). The van der Waals surface area contributed by atoms with Crippen LogP contribution in [0.1, 0.15) is 48.1 Å². The Kier molecular flexibility index (Phi) is 5.33. The van der Waals surface area contributed by atoms with Crippen molar-refractivity contribution in [1.82, 2.24) is 4.98 Å². The van der Waals surface area contributed by atoms with E-state index in [1.54, 1.807) is 6.92 Å². The smallest absolute Gasteiger partial charge is 0.347 e. The van der Waals surface area contributed by atoms with Crippen LogP contribution in [0.4, 0.5) is 0 Å². The molecule has 3 aromatic rings. The largest absolute Gasteiger partial charge is 0.477 e. The first kappa shape index (κ1) is 19.1. The SMILES string of the molecule is CCC(C)(C)c1ccc(Oc2ccc(-c3nc(C)c(C(=O)O)s3)cc2)cc1. The van der Waals surface area contributed by atoms with Gasteiger partial charge in [-0.05, 0) is 60.7 Å². The number of carboxylic acid groups (broad SMARTS) is 1. The molecule has 0 saturated carbocycles. The van der Waals surface area contributed by atoms with Crippen molar-refractivity contribution in [3.05, 3.63) is 64.7 Å². The highest BCUT2D eigenvalue weighted by Crippen LogP contribution is 2.32. The van der Waals surface area contributed by atoms with Crippen LogP contribution in [-0.2, 0) is 5.41 Å². The molecule has 0 amide bonds. The number of hydrogen-bond acceptors (Lipinski definition) is 4. The summed E-state index contributed by atoms with van der Waals surface area (Å²) in [6, 6.07) is 15.7. The number of aromatic nitrogens is 1. The Balaban J connectivity index is 1.74. The van der Waals surface area contributed by atoms with Gasteiger partial charge in [0.25, 0.3) is 0 Å². The van der Waals surface area contributed by atoms with Gasteiger partial charge in [-0.1, -0.05) is 32.9 Å². The highest BCUT2D eigenvalue weighted by Gasteiger charge is 2.18. The number of carbonyl (C=O) groups is 1. The van der Waals surface area contributed by atoms with Gasteiger partial charge in [-0.25, -0.2) is 9.78 Å². The summed E-state index contributed by atoms with van der Waals surface area (Å²) in [5.41, 5.74) is 2.86. The van der Waals surface area contributed by atoms with Gasteiger partial charge >= 0.3 is 5.97 Å². The van der Waals surface area contributed by atoms with Gasteiger partial charge in [0.1, 0.15) is 21.4 Å². The zero-order valence-electron chi connectivity index (χ0n) is 15.9. The average Bonchev–Trinajstić information content (AvgIpc) is 3.05. The van der Waals surface area contributed by atoms with E-state index < -0.39 is 5.97 Å². The van der Waals surface area contributed by atoms with Crippen LogP contribution in [-0.4, -0.2) is 16.1 Å². The summed E-state index contributed by atoms with van der Waals surface area (Å²) in [7, 11) is 0. The summed E-state index contributed by atoms with van der Waals surface area (Å²) in [6.07, 6.45) is 1.08. The van der Waals surface area contributed by atoms with Crippen molar-refractivity contribution in [1.29, 1.82) is 0 Å². The minimum atomic E-state index is -0.939. The maximum absolute atomic E-state index is 11.2. The van der Waals surface area contributed by atoms with Crippen molar-refractivity contribution in [2.45, 2.75) is 39.5 Å². The predicted octanol–water partition coefficient (Wildman–Crippen LogP) is 6.30. The molecule has 0 spiro atoms. The van der Waals surface area contributed by atoms with Crippen molar-refractivity contribution < 1.29 is 14.6 Å². The molecule has 5 heteroatoms. The van der Waals surface area contributed by atoms with Gasteiger partial charge < -0.3 is 9.84 Å². The van der Waals surface area contributed by atoms with E-state index in [4.69, 9.17) is 4.74 Å². The monoisotopic (exact) mass is 381 g/mol. The number of ether oxygens (including phenoxy) is 1. The van der Waals surface area contributed by atoms with E-state index in [1.165, 1.54) is 16.9 Å². The van der Waals surface area contributed by atoms with E-state index in [0.29, 0.717) is 10.7 Å². The van der Waals surface area contributed by atoms with Crippen LogP contribution in [0.15, 0.2) is 48.5 Å². The summed E-state index contributed by atoms with van der Waals surface area (Å²) in [5.74, 6) is 0.579. The Hall–Kier alpha value is -2.66. The Morgan fingerprint density at radius 1 is 1.07 bits per heavy atom. The number of nitrogens with zero attached hydrogens (tertiary/aromatic N) is 1. The molecular weight excluding hydrogens is 358 g/mol. The Morgan fingerprint density at radius 3 is 2.11 bits per heavy atom. The van der Waals surface area contributed by atoms with Crippen molar-refractivity contribution in [2.24, 2.45) is 0 Å². The third kappa shape index (κ3) is 4.19. The molecule has 140 valence electrons. The fraction of sp³-hybridized carbons (Fsp3) is 0.273. The van der Waals surface area contributed by atoms with E-state index in [0.717, 1.165) is 23.5 Å². The van der Waals surface area contributed by atoms with Crippen molar-refractivity contribution in [3.8, 4) is 22.1 Å². The minimum absolute atomic E-state index is 0.154. The molecule has 0 unspecified atom stereocenters. The standard InChI is InChI=1S/C22H23NO3S/c1-5-22(3,4)16-8-12-18(13-9-16)26-17-10-6-15(7-11-17)20-23-14(2)19(27-20)21(24)25/h6-13H,5H2,1-4H3,(H,24,25). The van der Waals surface area contributed by atoms with Crippen LogP contribution >= 0.6 is 11.3 Å². The number of thiazole rings is 1. The maximum atomic E-state index is 11.2. The van der Waals surface area contributed by atoms with Crippen LogP contribution in [0, 0.1) is 6.92 Å². The molecule has 1 heterocycles. The van der Waals surface area contributed by atoms with Crippen LogP contribution < -0.4 is 4.74 Å². The third-order valence-electron chi connectivity index (χ3n) is 4.85. The van der Waals surface area contributed by atoms with Crippen molar-refractivity contribution >= 4 is 17.3 Å². The third-order valence-corrected chi connectivity index (χ3v) is 6.04. The highest BCUT2D eigenvalue weighted by molar-refractivity contribution is 7.17.